The molecule has 0 radical (unpaired) electrons. The molecule has 92 valence electrons. The molecule has 17 heavy (non-hydrogen) atoms. The summed E-state index contributed by atoms with van der Waals surface area (Å²) >= 11 is 0. The quantitative estimate of drug-likeness (QED) is 0.734. The third-order valence-electron chi connectivity index (χ3n) is 4.21. The molecule has 2 saturated carbocycles. The molecule has 1 aromatic rings. The summed E-state index contributed by atoms with van der Waals surface area (Å²) in [6.07, 6.45) is 9.55. The van der Waals surface area contributed by atoms with Crippen molar-refractivity contribution < 1.29 is 0 Å². The van der Waals surface area contributed by atoms with Crippen LogP contribution in [0.5, 0.6) is 0 Å². The van der Waals surface area contributed by atoms with Gasteiger partial charge in [0.2, 0.25) is 0 Å². The molecule has 3 rings (SSSR count). The van der Waals surface area contributed by atoms with Crippen LogP contribution in [-0.4, -0.2) is 12.6 Å². The summed E-state index contributed by atoms with van der Waals surface area (Å²) < 4.78 is 0. The average molecular weight is 229 g/mol. The number of aryl methyl sites for hydroxylation is 1. The minimum Gasteiger partial charge on any atom is -0.314 e. The van der Waals surface area contributed by atoms with Crippen LogP contribution in [0.25, 0.3) is 0 Å². The van der Waals surface area contributed by atoms with E-state index in [0.29, 0.717) is 0 Å². The van der Waals surface area contributed by atoms with Crippen LogP contribution in [0.4, 0.5) is 0 Å². The highest BCUT2D eigenvalue weighted by molar-refractivity contribution is 5.26. The Morgan fingerprint density at radius 2 is 1.76 bits per heavy atom. The van der Waals surface area contributed by atoms with Gasteiger partial charge in [0.15, 0.2) is 0 Å². The smallest absolute Gasteiger partial charge is 0.00682 e. The number of rotatable bonds is 6. The van der Waals surface area contributed by atoms with Crippen LogP contribution in [0.15, 0.2) is 24.3 Å². The van der Waals surface area contributed by atoms with Gasteiger partial charge in [-0.15, -0.1) is 0 Å². The standard InChI is InChI=1S/C16H23N/c1-4-14(5-1)15-8-6-13(7-9-15)3-2-12-17-16-10-11-16/h6-9,14,16-17H,1-5,10-12H2. The monoisotopic (exact) mass is 229 g/mol. The van der Waals surface area contributed by atoms with Gasteiger partial charge in [-0.05, 0) is 62.1 Å². The Labute approximate surface area is 105 Å². The largest absolute Gasteiger partial charge is 0.314 e. The first-order valence-electron chi connectivity index (χ1n) is 7.24. The Bertz CT molecular complexity index is 346. The van der Waals surface area contributed by atoms with Crippen molar-refractivity contribution in [3.63, 3.8) is 0 Å². The first-order valence-corrected chi connectivity index (χ1v) is 7.24. The molecule has 0 heterocycles. The van der Waals surface area contributed by atoms with Gasteiger partial charge in [-0.1, -0.05) is 30.7 Å². The minimum absolute atomic E-state index is 0.857. The molecule has 2 aliphatic carbocycles. The summed E-state index contributed by atoms with van der Waals surface area (Å²) in [6.45, 7) is 1.19. The van der Waals surface area contributed by atoms with E-state index in [2.05, 4.69) is 29.6 Å². The lowest BCUT2D eigenvalue weighted by Gasteiger charge is -2.25. The fraction of sp³-hybridized carbons (Fsp3) is 0.625. The molecule has 0 saturated heterocycles. The summed E-state index contributed by atoms with van der Waals surface area (Å²) in [5.41, 5.74) is 3.07. The maximum Gasteiger partial charge on any atom is 0.00682 e. The van der Waals surface area contributed by atoms with Crippen LogP contribution in [-0.2, 0) is 6.42 Å². The van der Waals surface area contributed by atoms with Crippen molar-refractivity contribution in [2.45, 2.75) is 56.9 Å². The average Bonchev–Trinajstić information content (AvgIpc) is 3.08. The van der Waals surface area contributed by atoms with E-state index in [0.717, 1.165) is 12.0 Å². The van der Waals surface area contributed by atoms with E-state index in [4.69, 9.17) is 0 Å². The molecule has 0 aromatic heterocycles. The van der Waals surface area contributed by atoms with Crippen molar-refractivity contribution >= 4 is 0 Å². The fourth-order valence-corrected chi connectivity index (χ4v) is 2.58. The highest BCUT2D eigenvalue weighted by Crippen LogP contribution is 2.36. The van der Waals surface area contributed by atoms with E-state index in [9.17, 15) is 0 Å². The van der Waals surface area contributed by atoms with Gasteiger partial charge in [-0.2, -0.15) is 0 Å². The predicted molar refractivity (Wildman–Crippen MR) is 72.4 cm³/mol. The second-order valence-electron chi connectivity index (χ2n) is 5.70. The van der Waals surface area contributed by atoms with Gasteiger partial charge in [-0.3, -0.25) is 0 Å². The molecule has 1 aromatic carbocycles. The molecular formula is C16H23N. The van der Waals surface area contributed by atoms with Crippen molar-refractivity contribution in [1.29, 1.82) is 0 Å². The number of benzene rings is 1. The van der Waals surface area contributed by atoms with Crippen LogP contribution >= 0.6 is 0 Å². The minimum atomic E-state index is 0.857. The molecule has 0 aliphatic heterocycles. The Hall–Kier alpha value is -0.820. The molecule has 1 N–H and O–H groups in total. The fourth-order valence-electron chi connectivity index (χ4n) is 2.58. The normalized spacial score (nSPS) is 20.2. The molecule has 0 bridgehead atoms. The maximum atomic E-state index is 3.57. The van der Waals surface area contributed by atoms with Crippen molar-refractivity contribution in [3.05, 3.63) is 35.4 Å². The van der Waals surface area contributed by atoms with Crippen LogP contribution in [0.3, 0.4) is 0 Å². The first kappa shape index (κ1) is 11.3. The Morgan fingerprint density at radius 1 is 1.00 bits per heavy atom. The van der Waals surface area contributed by atoms with Gasteiger partial charge in [-0.25, -0.2) is 0 Å². The molecule has 1 nitrogen and oxygen atoms in total. The van der Waals surface area contributed by atoms with Crippen LogP contribution in [0.1, 0.15) is 55.6 Å². The second kappa shape index (κ2) is 5.22. The summed E-state index contributed by atoms with van der Waals surface area (Å²) in [7, 11) is 0. The molecule has 2 fully saturated rings. The predicted octanol–water partition coefficient (Wildman–Crippen LogP) is 3.64. The lowest BCUT2D eigenvalue weighted by Crippen LogP contribution is -2.17. The molecule has 2 aliphatic rings. The lowest BCUT2D eigenvalue weighted by molar-refractivity contribution is 0.419. The van der Waals surface area contributed by atoms with Crippen LogP contribution in [0, 0.1) is 0 Å². The van der Waals surface area contributed by atoms with E-state index in [1.807, 2.05) is 0 Å². The Balaban J connectivity index is 1.42. The zero-order valence-electron chi connectivity index (χ0n) is 10.6. The van der Waals surface area contributed by atoms with E-state index >= 15 is 0 Å². The Morgan fingerprint density at radius 3 is 2.35 bits per heavy atom. The van der Waals surface area contributed by atoms with Gasteiger partial charge < -0.3 is 5.32 Å². The summed E-state index contributed by atoms with van der Waals surface area (Å²) in [5, 5.41) is 3.57. The number of hydrogen-bond donors (Lipinski definition) is 1. The van der Waals surface area contributed by atoms with Gasteiger partial charge >= 0.3 is 0 Å². The lowest BCUT2D eigenvalue weighted by atomic mass is 9.80. The van der Waals surface area contributed by atoms with Gasteiger partial charge in [0.05, 0.1) is 0 Å². The van der Waals surface area contributed by atoms with Crippen LogP contribution < -0.4 is 5.32 Å². The third kappa shape index (κ3) is 3.10. The topological polar surface area (TPSA) is 12.0 Å². The molecular weight excluding hydrogens is 206 g/mol. The molecule has 0 spiro atoms. The molecule has 0 unspecified atom stereocenters. The van der Waals surface area contributed by atoms with Gasteiger partial charge in [0.25, 0.3) is 0 Å². The van der Waals surface area contributed by atoms with E-state index in [-0.39, 0.29) is 0 Å². The highest BCUT2D eigenvalue weighted by atomic mass is 14.9. The SMILES string of the molecule is c1cc(C2CCC2)ccc1CCCNC1CC1. The zero-order chi connectivity index (χ0) is 11.5. The number of hydrogen-bond acceptors (Lipinski definition) is 1. The Kier molecular flexibility index (Phi) is 3.46. The second-order valence-corrected chi connectivity index (χ2v) is 5.70. The van der Waals surface area contributed by atoms with Crippen molar-refractivity contribution in [1.82, 2.24) is 5.32 Å². The summed E-state index contributed by atoms with van der Waals surface area (Å²) in [4.78, 5) is 0. The van der Waals surface area contributed by atoms with E-state index < -0.39 is 0 Å². The number of nitrogens with one attached hydrogen (secondary N) is 1. The van der Waals surface area contributed by atoms with Gasteiger partial charge in [0.1, 0.15) is 0 Å². The van der Waals surface area contributed by atoms with E-state index in [1.54, 1.807) is 5.56 Å². The van der Waals surface area contributed by atoms with Gasteiger partial charge in [0, 0.05) is 6.04 Å². The first-order chi connectivity index (χ1) is 8.42. The van der Waals surface area contributed by atoms with Crippen molar-refractivity contribution in [3.8, 4) is 0 Å². The van der Waals surface area contributed by atoms with Crippen molar-refractivity contribution in [2.75, 3.05) is 6.54 Å². The highest BCUT2D eigenvalue weighted by Gasteiger charge is 2.20. The molecule has 1 heteroatoms. The third-order valence-corrected chi connectivity index (χ3v) is 4.21. The summed E-state index contributed by atoms with van der Waals surface area (Å²) in [6, 6.07) is 10.2. The zero-order valence-corrected chi connectivity index (χ0v) is 10.6. The van der Waals surface area contributed by atoms with Crippen molar-refractivity contribution in [2.24, 2.45) is 0 Å². The molecule has 0 atom stereocenters. The maximum absolute atomic E-state index is 3.57. The van der Waals surface area contributed by atoms with Crippen LogP contribution in [0.2, 0.25) is 0 Å². The summed E-state index contributed by atoms with van der Waals surface area (Å²) in [5.74, 6) is 0.876. The van der Waals surface area contributed by atoms with E-state index in [1.165, 1.54) is 57.1 Å². The molecule has 0 amide bonds.